The molecule has 6 nitrogen and oxygen atoms in total. The number of nitrogens with zero attached hydrogens (tertiary/aromatic N) is 3. The normalized spacial score (nSPS) is 10.9. The maximum absolute atomic E-state index is 13.4. The van der Waals surface area contributed by atoms with E-state index in [9.17, 15) is 14.4 Å². The van der Waals surface area contributed by atoms with Gasteiger partial charge in [0.15, 0.2) is 0 Å². The maximum Gasteiger partial charge on any atom is 0.345 e. The molecule has 1 aromatic heterocycles. The van der Waals surface area contributed by atoms with E-state index in [-0.39, 0.29) is 0 Å². The minimum atomic E-state index is -0.771. The third kappa shape index (κ3) is 3.46. The van der Waals surface area contributed by atoms with Gasteiger partial charge in [-0.25, -0.2) is 28.1 Å². The molecule has 0 aliphatic carbocycles. The van der Waals surface area contributed by atoms with Crippen LogP contribution in [0.25, 0.3) is 17.1 Å². The van der Waals surface area contributed by atoms with Crippen molar-refractivity contribution in [1.82, 2.24) is 13.7 Å². The molecule has 30 heavy (non-hydrogen) atoms. The third-order valence-electron chi connectivity index (χ3n) is 4.43. The Bertz CT molecular complexity index is 1250. The molecule has 0 unspecified atom stereocenters. The van der Waals surface area contributed by atoms with E-state index in [0.717, 1.165) is 13.7 Å². The molecule has 4 aromatic rings. The number of halogens is 3. The molecule has 9 heteroatoms. The second-order valence-electron chi connectivity index (χ2n) is 6.21. The van der Waals surface area contributed by atoms with E-state index < -0.39 is 17.1 Å². The Balaban J connectivity index is 2.24. The Kier molecular flexibility index (Phi) is 5.77. The van der Waals surface area contributed by atoms with Crippen LogP contribution in [-0.4, -0.2) is 13.7 Å². The number of benzene rings is 3. The number of rotatable bonds is 3. The maximum atomic E-state index is 13.4. The van der Waals surface area contributed by atoms with Crippen molar-refractivity contribution in [3.8, 4) is 17.1 Å². The van der Waals surface area contributed by atoms with E-state index in [1.807, 2.05) is 0 Å². The van der Waals surface area contributed by atoms with E-state index in [0.29, 0.717) is 30.5 Å². The fraction of sp³-hybridized carbons (Fsp3) is 0. The van der Waals surface area contributed by atoms with Crippen LogP contribution in [0.1, 0.15) is 0 Å². The third-order valence-corrected chi connectivity index (χ3v) is 6.44. The molecule has 150 valence electrons. The van der Waals surface area contributed by atoms with Crippen LogP contribution in [-0.2, 0) is 0 Å². The molecule has 0 N–H and O–H groups in total. The molecule has 0 spiro atoms. The van der Waals surface area contributed by atoms with Crippen LogP contribution in [0.4, 0.5) is 0 Å². The van der Waals surface area contributed by atoms with Crippen molar-refractivity contribution in [1.29, 1.82) is 0 Å². The summed E-state index contributed by atoms with van der Waals surface area (Å²) in [7, 11) is 0. The zero-order valence-corrected chi connectivity index (χ0v) is 19.9. The molecular weight excluding hydrogens is 582 g/mol. The van der Waals surface area contributed by atoms with Crippen molar-refractivity contribution in [2.75, 3.05) is 0 Å². The lowest BCUT2D eigenvalue weighted by Crippen LogP contribution is -2.53. The largest absolute Gasteiger partial charge is 0.345 e. The SMILES string of the molecule is O=c1n(-c2ccccc2Br)c(=O)n(-c2ccccc2Br)c(=O)n1-c1ccccc1Br. The Labute approximate surface area is 195 Å². The number of aromatic nitrogens is 3. The van der Waals surface area contributed by atoms with Gasteiger partial charge in [-0.15, -0.1) is 0 Å². The van der Waals surface area contributed by atoms with Crippen LogP contribution in [0, 0.1) is 0 Å². The highest BCUT2D eigenvalue weighted by molar-refractivity contribution is 9.11. The summed E-state index contributed by atoms with van der Waals surface area (Å²) in [6, 6.07) is 20.5. The molecule has 0 saturated carbocycles. The van der Waals surface area contributed by atoms with Crippen molar-refractivity contribution in [3.05, 3.63) is 118 Å². The average Bonchev–Trinajstić information content (AvgIpc) is 2.72. The lowest BCUT2D eigenvalue weighted by atomic mass is 10.3. The monoisotopic (exact) mass is 591 g/mol. The van der Waals surface area contributed by atoms with Gasteiger partial charge < -0.3 is 0 Å². The van der Waals surface area contributed by atoms with Crippen LogP contribution in [0.3, 0.4) is 0 Å². The second kappa shape index (κ2) is 8.33. The van der Waals surface area contributed by atoms with Gasteiger partial charge in [0.05, 0.1) is 17.1 Å². The molecule has 0 atom stereocenters. The first-order chi connectivity index (χ1) is 14.4. The molecule has 0 radical (unpaired) electrons. The summed E-state index contributed by atoms with van der Waals surface area (Å²) in [6.07, 6.45) is 0. The standard InChI is InChI=1S/C21H12Br3N3O3/c22-13-7-1-4-10-16(13)25-19(28)26(17-11-5-2-8-14(17)23)21(30)27(20(25)29)18-12-6-3-9-15(18)24/h1-12H. The zero-order valence-electron chi connectivity index (χ0n) is 15.1. The number of hydrogen-bond donors (Lipinski definition) is 0. The van der Waals surface area contributed by atoms with Gasteiger partial charge >= 0.3 is 17.1 Å². The first kappa shape index (κ1) is 20.8. The number of hydrogen-bond acceptors (Lipinski definition) is 3. The van der Waals surface area contributed by atoms with Gasteiger partial charge in [0.25, 0.3) is 0 Å². The molecule has 3 aromatic carbocycles. The van der Waals surface area contributed by atoms with E-state index in [1.54, 1.807) is 72.8 Å². The first-order valence-electron chi connectivity index (χ1n) is 8.67. The Hall–Kier alpha value is -2.49. The molecule has 0 fully saturated rings. The van der Waals surface area contributed by atoms with E-state index in [1.165, 1.54) is 0 Å². The van der Waals surface area contributed by atoms with Crippen molar-refractivity contribution in [2.45, 2.75) is 0 Å². The van der Waals surface area contributed by atoms with E-state index in [2.05, 4.69) is 47.8 Å². The molecule has 0 saturated heterocycles. The minimum Gasteiger partial charge on any atom is -0.246 e. The highest BCUT2D eigenvalue weighted by Crippen LogP contribution is 2.21. The number of para-hydroxylation sites is 3. The predicted octanol–water partition coefficient (Wildman–Crippen LogP) is 4.43. The summed E-state index contributed by atoms with van der Waals surface area (Å²) in [5, 5.41) is 0. The van der Waals surface area contributed by atoms with Crippen LogP contribution in [0.15, 0.2) is 101 Å². The lowest BCUT2D eigenvalue weighted by molar-refractivity contribution is 0.656. The highest BCUT2D eigenvalue weighted by atomic mass is 79.9. The molecule has 0 aliphatic rings. The van der Waals surface area contributed by atoms with Crippen molar-refractivity contribution in [3.63, 3.8) is 0 Å². The zero-order chi connectivity index (χ0) is 21.4. The molecule has 0 aliphatic heterocycles. The van der Waals surface area contributed by atoms with Gasteiger partial charge in [-0.1, -0.05) is 36.4 Å². The fourth-order valence-corrected chi connectivity index (χ4v) is 4.45. The topological polar surface area (TPSA) is 66.0 Å². The van der Waals surface area contributed by atoms with E-state index >= 15 is 0 Å². The van der Waals surface area contributed by atoms with Crippen molar-refractivity contribution >= 4 is 47.8 Å². The Morgan fingerprint density at radius 2 is 0.667 bits per heavy atom. The smallest absolute Gasteiger partial charge is 0.246 e. The summed E-state index contributed by atoms with van der Waals surface area (Å²) < 4.78 is 4.56. The first-order valence-corrected chi connectivity index (χ1v) is 11.1. The van der Waals surface area contributed by atoms with Gasteiger partial charge in [0.2, 0.25) is 0 Å². The van der Waals surface area contributed by atoms with Crippen LogP contribution in [0.2, 0.25) is 0 Å². The van der Waals surface area contributed by atoms with Gasteiger partial charge in [-0.3, -0.25) is 0 Å². The lowest BCUT2D eigenvalue weighted by Gasteiger charge is -2.16. The molecule has 1 heterocycles. The Morgan fingerprint density at radius 3 is 0.900 bits per heavy atom. The fourth-order valence-electron chi connectivity index (χ4n) is 3.06. The molecule has 4 rings (SSSR count). The van der Waals surface area contributed by atoms with Gasteiger partial charge in [0.1, 0.15) is 0 Å². The average molecular weight is 594 g/mol. The highest BCUT2D eigenvalue weighted by Gasteiger charge is 2.22. The summed E-state index contributed by atoms with van der Waals surface area (Å²) in [5.41, 5.74) is -1.33. The summed E-state index contributed by atoms with van der Waals surface area (Å²) in [6.45, 7) is 0. The Morgan fingerprint density at radius 1 is 0.433 bits per heavy atom. The summed E-state index contributed by atoms with van der Waals surface area (Å²) >= 11 is 10.2. The van der Waals surface area contributed by atoms with Crippen LogP contribution < -0.4 is 17.1 Å². The van der Waals surface area contributed by atoms with Gasteiger partial charge in [0, 0.05) is 13.4 Å². The van der Waals surface area contributed by atoms with Crippen LogP contribution >= 0.6 is 47.8 Å². The predicted molar refractivity (Wildman–Crippen MR) is 126 cm³/mol. The molecule has 0 bridgehead atoms. The summed E-state index contributed by atoms with van der Waals surface area (Å²) in [4.78, 5) is 40.3. The minimum absolute atomic E-state index is 0.328. The summed E-state index contributed by atoms with van der Waals surface area (Å²) in [5.74, 6) is 0. The molecular formula is C21H12Br3N3O3. The molecule has 0 amide bonds. The van der Waals surface area contributed by atoms with E-state index in [4.69, 9.17) is 0 Å². The van der Waals surface area contributed by atoms with Crippen molar-refractivity contribution < 1.29 is 0 Å². The van der Waals surface area contributed by atoms with Gasteiger partial charge in [-0.05, 0) is 84.2 Å². The van der Waals surface area contributed by atoms with Crippen LogP contribution in [0.5, 0.6) is 0 Å². The second-order valence-corrected chi connectivity index (χ2v) is 8.77. The van der Waals surface area contributed by atoms with Crippen molar-refractivity contribution in [2.24, 2.45) is 0 Å². The van der Waals surface area contributed by atoms with Gasteiger partial charge in [-0.2, -0.15) is 0 Å². The quantitative estimate of drug-likeness (QED) is 0.353.